The maximum atomic E-state index is 3.52. The summed E-state index contributed by atoms with van der Waals surface area (Å²) in [5.74, 6) is 0. The fraction of sp³-hybridized carbons (Fsp3) is 0.0500. The van der Waals surface area contributed by atoms with Crippen LogP contribution in [0.3, 0.4) is 0 Å². The number of rotatable bonds is 3. The molecular weight excluding hydrogens is 366 g/mol. The van der Waals surface area contributed by atoms with E-state index in [4.69, 9.17) is 0 Å². The van der Waals surface area contributed by atoms with Gasteiger partial charge in [-0.3, -0.25) is 0 Å². The van der Waals surface area contributed by atoms with Crippen LogP contribution >= 0.6 is 27.3 Å². The Morgan fingerprint density at radius 2 is 1.48 bits per heavy atom. The number of fused-ring (bicyclic) bond motifs is 1. The number of nitrogens with zero attached hydrogens (tertiary/aromatic N) is 1. The Morgan fingerprint density at radius 3 is 2.26 bits per heavy atom. The monoisotopic (exact) mass is 380 g/mol. The molecule has 0 atom stereocenters. The maximum absolute atomic E-state index is 3.52. The summed E-state index contributed by atoms with van der Waals surface area (Å²) in [5, 5.41) is 1.29. The van der Waals surface area contributed by atoms with Crippen LogP contribution in [-0.2, 0) is 6.54 Å². The van der Waals surface area contributed by atoms with Gasteiger partial charge in [0.15, 0.2) is 6.54 Å². The Bertz CT molecular complexity index is 942. The highest BCUT2D eigenvalue weighted by atomic mass is 79.9. The summed E-state index contributed by atoms with van der Waals surface area (Å²) in [6, 6.07) is 27.8. The van der Waals surface area contributed by atoms with E-state index in [9.17, 15) is 0 Å². The second-order valence-corrected chi connectivity index (χ2v) is 7.40. The molecule has 4 rings (SSSR count). The Morgan fingerprint density at radius 1 is 0.783 bits per heavy atom. The molecule has 0 aliphatic carbocycles. The average Bonchev–Trinajstić information content (AvgIpc) is 2.95. The van der Waals surface area contributed by atoms with Crippen LogP contribution in [-0.4, -0.2) is 0 Å². The minimum absolute atomic E-state index is 0.885. The topological polar surface area (TPSA) is 3.88 Å². The first-order valence-corrected chi connectivity index (χ1v) is 9.13. The fourth-order valence-electron chi connectivity index (χ4n) is 2.77. The first-order valence-electron chi connectivity index (χ1n) is 7.52. The van der Waals surface area contributed by atoms with Crippen LogP contribution < -0.4 is 4.57 Å². The third-order valence-electron chi connectivity index (χ3n) is 3.88. The number of benzene rings is 3. The van der Waals surface area contributed by atoms with Crippen molar-refractivity contribution in [3.63, 3.8) is 0 Å². The van der Waals surface area contributed by atoms with Gasteiger partial charge in [0.2, 0.25) is 5.52 Å². The Kier molecular flexibility index (Phi) is 3.98. The van der Waals surface area contributed by atoms with E-state index < -0.39 is 0 Å². The SMILES string of the molecule is Brc1ccc(-c2sc3ccccc3[n+]2Cc2ccccc2)cc1. The molecule has 3 heteroatoms. The highest BCUT2D eigenvalue weighted by Gasteiger charge is 2.21. The zero-order chi connectivity index (χ0) is 15.6. The molecule has 0 aliphatic rings. The molecule has 112 valence electrons. The number of aromatic nitrogens is 1. The van der Waals surface area contributed by atoms with E-state index in [1.165, 1.54) is 26.4 Å². The lowest BCUT2D eigenvalue weighted by molar-refractivity contribution is -0.647. The van der Waals surface area contributed by atoms with E-state index in [1.807, 2.05) is 11.3 Å². The molecule has 0 unspecified atom stereocenters. The molecule has 0 aliphatic heterocycles. The van der Waals surface area contributed by atoms with Gasteiger partial charge < -0.3 is 0 Å². The van der Waals surface area contributed by atoms with Gasteiger partial charge in [0.1, 0.15) is 4.70 Å². The Balaban J connectivity index is 1.89. The minimum atomic E-state index is 0.885. The lowest BCUT2D eigenvalue weighted by Gasteiger charge is -2.01. The summed E-state index contributed by atoms with van der Waals surface area (Å²) in [6.45, 7) is 0.885. The third-order valence-corrected chi connectivity index (χ3v) is 5.63. The van der Waals surface area contributed by atoms with Crippen molar-refractivity contribution in [2.45, 2.75) is 6.54 Å². The number of hydrogen-bond acceptors (Lipinski definition) is 1. The summed E-state index contributed by atoms with van der Waals surface area (Å²) in [4.78, 5) is 0. The third kappa shape index (κ3) is 2.94. The number of halogens is 1. The van der Waals surface area contributed by atoms with E-state index in [0.29, 0.717) is 0 Å². The molecule has 0 bridgehead atoms. The summed E-state index contributed by atoms with van der Waals surface area (Å²) in [6.07, 6.45) is 0. The largest absolute Gasteiger partial charge is 0.270 e. The van der Waals surface area contributed by atoms with Crippen LogP contribution in [0.2, 0.25) is 0 Å². The van der Waals surface area contributed by atoms with Crippen LogP contribution in [0.4, 0.5) is 0 Å². The standard InChI is InChI=1S/C20H15BrNS/c21-17-12-10-16(11-13-17)20-22(14-15-6-2-1-3-7-15)18-8-4-5-9-19(18)23-20/h1-13H,14H2/q+1. The van der Waals surface area contributed by atoms with Crippen molar-refractivity contribution in [1.82, 2.24) is 0 Å². The summed E-state index contributed by atoms with van der Waals surface area (Å²) in [5.41, 5.74) is 3.86. The van der Waals surface area contributed by atoms with Crippen molar-refractivity contribution in [1.29, 1.82) is 0 Å². The van der Waals surface area contributed by atoms with Crippen LogP contribution in [0.5, 0.6) is 0 Å². The number of thiazole rings is 1. The first kappa shape index (κ1) is 14.6. The molecule has 1 heterocycles. The Labute approximate surface area is 148 Å². The number of para-hydroxylation sites is 1. The highest BCUT2D eigenvalue weighted by molar-refractivity contribution is 9.10. The van der Waals surface area contributed by atoms with Gasteiger partial charge in [0.05, 0.1) is 5.56 Å². The van der Waals surface area contributed by atoms with E-state index in [0.717, 1.165) is 11.0 Å². The summed E-state index contributed by atoms with van der Waals surface area (Å²) < 4.78 is 4.84. The molecule has 23 heavy (non-hydrogen) atoms. The molecule has 0 amide bonds. The van der Waals surface area contributed by atoms with Gasteiger partial charge in [0, 0.05) is 16.1 Å². The molecular formula is C20H15BrNS+. The number of hydrogen-bond donors (Lipinski definition) is 0. The zero-order valence-electron chi connectivity index (χ0n) is 12.4. The molecule has 1 aromatic heterocycles. The highest BCUT2D eigenvalue weighted by Crippen LogP contribution is 2.29. The second kappa shape index (κ2) is 6.26. The van der Waals surface area contributed by atoms with Crippen molar-refractivity contribution in [2.24, 2.45) is 0 Å². The van der Waals surface area contributed by atoms with E-state index in [1.54, 1.807) is 0 Å². The van der Waals surface area contributed by atoms with Gasteiger partial charge in [-0.05, 0) is 30.3 Å². The first-order chi connectivity index (χ1) is 11.3. The van der Waals surface area contributed by atoms with Gasteiger partial charge in [-0.1, -0.05) is 69.7 Å². The van der Waals surface area contributed by atoms with E-state index in [2.05, 4.69) is 99.4 Å². The van der Waals surface area contributed by atoms with Crippen LogP contribution in [0, 0.1) is 0 Å². The van der Waals surface area contributed by atoms with Crippen LogP contribution in [0.15, 0.2) is 83.3 Å². The predicted molar refractivity (Wildman–Crippen MR) is 101 cm³/mol. The maximum Gasteiger partial charge on any atom is 0.270 e. The predicted octanol–water partition coefficient (Wildman–Crippen LogP) is 5.67. The molecule has 4 aromatic rings. The minimum Gasteiger partial charge on any atom is -0.177 e. The molecule has 0 radical (unpaired) electrons. The van der Waals surface area contributed by atoms with Crippen molar-refractivity contribution in [3.05, 3.63) is 88.9 Å². The van der Waals surface area contributed by atoms with Gasteiger partial charge >= 0.3 is 0 Å². The van der Waals surface area contributed by atoms with Gasteiger partial charge in [0.25, 0.3) is 5.01 Å². The lowest BCUT2D eigenvalue weighted by atomic mass is 10.2. The van der Waals surface area contributed by atoms with Crippen molar-refractivity contribution < 1.29 is 4.57 Å². The van der Waals surface area contributed by atoms with Crippen molar-refractivity contribution in [2.75, 3.05) is 0 Å². The normalized spacial score (nSPS) is 11.0. The van der Waals surface area contributed by atoms with E-state index in [-0.39, 0.29) is 0 Å². The quantitative estimate of drug-likeness (QED) is 0.403. The smallest absolute Gasteiger partial charge is 0.177 e. The molecule has 0 saturated carbocycles. The molecule has 0 spiro atoms. The lowest BCUT2D eigenvalue weighted by Crippen LogP contribution is -2.34. The van der Waals surface area contributed by atoms with Gasteiger partial charge in [-0.25, -0.2) is 0 Å². The second-order valence-electron chi connectivity index (χ2n) is 5.45. The van der Waals surface area contributed by atoms with Crippen LogP contribution in [0.1, 0.15) is 5.56 Å². The summed E-state index contributed by atoms with van der Waals surface area (Å²) >= 11 is 5.37. The molecule has 1 nitrogen and oxygen atoms in total. The average molecular weight is 381 g/mol. The molecule has 0 fully saturated rings. The summed E-state index contributed by atoms with van der Waals surface area (Å²) in [7, 11) is 0. The Hall–Kier alpha value is -1.97. The molecule has 0 N–H and O–H groups in total. The van der Waals surface area contributed by atoms with Crippen molar-refractivity contribution >= 4 is 37.5 Å². The molecule has 0 saturated heterocycles. The molecule has 3 aromatic carbocycles. The van der Waals surface area contributed by atoms with E-state index >= 15 is 0 Å². The fourth-order valence-corrected chi connectivity index (χ4v) is 4.19. The van der Waals surface area contributed by atoms with Gasteiger partial charge in [-0.15, -0.1) is 0 Å². The zero-order valence-corrected chi connectivity index (χ0v) is 14.8. The van der Waals surface area contributed by atoms with Gasteiger partial charge in [-0.2, -0.15) is 4.57 Å². The van der Waals surface area contributed by atoms with Crippen molar-refractivity contribution in [3.8, 4) is 10.6 Å². The van der Waals surface area contributed by atoms with Crippen LogP contribution in [0.25, 0.3) is 20.8 Å².